The van der Waals surface area contributed by atoms with Gasteiger partial charge in [-0.3, -0.25) is 9.78 Å². The first-order valence-electron chi connectivity index (χ1n) is 9.76. The molecular formula is C18H16B4Cl2N6O2. The van der Waals surface area contributed by atoms with Gasteiger partial charge in [-0.15, -0.1) is 0 Å². The predicted octanol–water partition coefficient (Wildman–Crippen LogP) is 0.352. The molecule has 1 aromatic carbocycles. The van der Waals surface area contributed by atoms with E-state index in [2.05, 4.69) is 20.3 Å². The molecule has 0 unspecified atom stereocenters. The second-order valence-electron chi connectivity index (χ2n) is 7.58. The molecule has 0 bridgehead atoms. The number of imidazole rings is 1. The van der Waals surface area contributed by atoms with E-state index in [4.69, 9.17) is 59.3 Å². The minimum Gasteiger partial charge on any atom is -0.393 e. The number of nitrogens with one attached hydrogen (secondary N) is 2. The van der Waals surface area contributed by atoms with Crippen LogP contribution < -0.4 is 10.9 Å². The largest absolute Gasteiger partial charge is 0.393 e. The molecule has 156 valence electrons. The molecule has 8 radical (unpaired) electrons. The van der Waals surface area contributed by atoms with E-state index in [1.165, 1.54) is 6.33 Å². The van der Waals surface area contributed by atoms with Crippen LogP contribution >= 0.6 is 23.2 Å². The van der Waals surface area contributed by atoms with E-state index in [0.717, 1.165) is 5.56 Å². The third-order valence-electron chi connectivity index (χ3n) is 5.39. The highest BCUT2D eigenvalue weighted by Gasteiger charge is 2.42. The number of morpholine rings is 1. The Bertz CT molecular complexity index is 1200. The zero-order chi connectivity index (χ0) is 23.1. The maximum Gasteiger partial charge on any atom is 0.278 e. The summed E-state index contributed by atoms with van der Waals surface area (Å²) in [6, 6.07) is 5.26. The highest BCUT2D eigenvalue weighted by Crippen LogP contribution is 2.26. The van der Waals surface area contributed by atoms with Crippen LogP contribution in [0.25, 0.3) is 11.2 Å². The number of hydrogen-bond donors (Lipinski definition) is 2. The standard InChI is InChI=1S/C18H16B4Cl2N6O2/c19-17(20)18(21,22)32-6-5-30(17)4-3-29-9-26-14-13(29)15(31)28-16(27-14)25-8-10-1-2-11(23)12(24)7-10/h1-2,7,9H,3-6,8H2,(H2,25,27,28,31). The van der Waals surface area contributed by atoms with Crippen molar-refractivity contribution in [3.8, 4) is 0 Å². The Kier molecular flexibility index (Phi) is 6.42. The number of aromatic nitrogens is 4. The van der Waals surface area contributed by atoms with Gasteiger partial charge in [0.2, 0.25) is 5.95 Å². The van der Waals surface area contributed by atoms with Crippen molar-refractivity contribution in [1.29, 1.82) is 0 Å². The molecule has 2 N–H and O–H groups in total. The van der Waals surface area contributed by atoms with Crippen molar-refractivity contribution in [3.05, 3.63) is 50.5 Å². The summed E-state index contributed by atoms with van der Waals surface area (Å²) in [4.78, 5) is 25.8. The quantitative estimate of drug-likeness (QED) is 0.514. The Balaban J connectivity index is 1.48. The maximum absolute atomic E-state index is 12.7. The Hall–Kier alpha value is -1.87. The molecule has 1 saturated heterocycles. The molecule has 0 amide bonds. The number of benzene rings is 1. The van der Waals surface area contributed by atoms with Crippen LogP contribution in [0.5, 0.6) is 0 Å². The molecule has 2 aromatic heterocycles. The summed E-state index contributed by atoms with van der Waals surface area (Å²) in [6.07, 6.45) is 1.53. The highest BCUT2D eigenvalue weighted by atomic mass is 35.5. The number of rotatable bonds is 6. The van der Waals surface area contributed by atoms with Crippen molar-refractivity contribution in [2.75, 3.05) is 25.0 Å². The summed E-state index contributed by atoms with van der Waals surface area (Å²) in [6.45, 7) is 1.84. The van der Waals surface area contributed by atoms with Gasteiger partial charge in [-0.1, -0.05) is 29.3 Å². The van der Waals surface area contributed by atoms with E-state index in [0.29, 0.717) is 47.4 Å². The van der Waals surface area contributed by atoms with Crippen molar-refractivity contribution >= 4 is 71.7 Å². The SMILES string of the molecule is [B]C1([B])OCCN(CCn2cnc3nc(NCc4ccc(Cl)c(Cl)c4)[nH]c(=O)c32)C1([B])[B]. The first-order chi connectivity index (χ1) is 15.1. The molecule has 1 aliphatic heterocycles. The van der Waals surface area contributed by atoms with Crippen molar-refractivity contribution in [1.82, 2.24) is 24.4 Å². The number of nitrogens with zero attached hydrogens (tertiary/aromatic N) is 4. The van der Waals surface area contributed by atoms with E-state index in [-0.39, 0.29) is 18.1 Å². The fraction of sp³-hybridized carbons (Fsp3) is 0.389. The fourth-order valence-electron chi connectivity index (χ4n) is 3.47. The predicted molar refractivity (Wildman–Crippen MR) is 128 cm³/mol. The Morgan fingerprint density at radius 1 is 1.19 bits per heavy atom. The summed E-state index contributed by atoms with van der Waals surface area (Å²) < 4.78 is 6.95. The van der Waals surface area contributed by atoms with Gasteiger partial charge in [0.15, 0.2) is 11.2 Å². The van der Waals surface area contributed by atoms with Crippen molar-refractivity contribution in [2.45, 2.75) is 23.8 Å². The van der Waals surface area contributed by atoms with Gasteiger partial charge in [0.1, 0.15) is 0 Å². The van der Waals surface area contributed by atoms with Crippen LogP contribution in [-0.4, -0.2) is 86.2 Å². The fourth-order valence-corrected chi connectivity index (χ4v) is 3.79. The van der Waals surface area contributed by atoms with Crippen LogP contribution in [0, 0.1) is 0 Å². The lowest BCUT2D eigenvalue weighted by atomic mass is 9.39. The van der Waals surface area contributed by atoms with Gasteiger partial charge in [-0.2, -0.15) is 4.98 Å². The minimum atomic E-state index is -1.70. The van der Waals surface area contributed by atoms with Gasteiger partial charge in [-0.25, -0.2) is 4.98 Å². The molecule has 4 rings (SSSR count). The molecule has 1 aliphatic rings. The monoisotopic (exact) mass is 462 g/mol. The molecular weight excluding hydrogens is 446 g/mol. The number of halogens is 2. The van der Waals surface area contributed by atoms with Crippen LogP contribution in [0.4, 0.5) is 5.95 Å². The third-order valence-corrected chi connectivity index (χ3v) is 6.13. The lowest BCUT2D eigenvalue weighted by molar-refractivity contribution is -0.0440. The number of fused-ring (bicyclic) bond motifs is 1. The Morgan fingerprint density at radius 3 is 2.72 bits per heavy atom. The minimum absolute atomic E-state index is 0.282. The van der Waals surface area contributed by atoms with Gasteiger partial charge in [0.25, 0.3) is 5.56 Å². The molecule has 8 nitrogen and oxygen atoms in total. The second kappa shape index (κ2) is 8.82. The Labute approximate surface area is 200 Å². The molecule has 0 aliphatic carbocycles. The topological polar surface area (TPSA) is 88.1 Å². The first-order valence-corrected chi connectivity index (χ1v) is 10.5. The molecule has 3 heterocycles. The number of hydrogen-bond acceptors (Lipinski definition) is 6. The highest BCUT2D eigenvalue weighted by molar-refractivity contribution is 6.54. The van der Waals surface area contributed by atoms with Crippen LogP contribution in [0.3, 0.4) is 0 Å². The van der Waals surface area contributed by atoms with E-state index in [1.54, 1.807) is 21.6 Å². The van der Waals surface area contributed by atoms with E-state index in [9.17, 15) is 4.79 Å². The van der Waals surface area contributed by atoms with Gasteiger partial charge >= 0.3 is 0 Å². The van der Waals surface area contributed by atoms with Crippen LogP contribution in [0.15, 0.2) is 29.3 Å². The zero-order valence-corrected chi connectivity index (χ0v) is 18.5. The Morgan fingerprint density at radius 2 is 1.97 bits per heavy atom. The average Bonchev–Trinajstić information content (AvgIpc) is 3.13. The van der Waals surface area contributed by atoms with E-state index in [1.807, 2.05) is 6.07 Å². The smallest absolute Gasteiger partial charge is 0.278 e. The summed E-state index contributed by atoms with van der Waals surface area (Å²) in [7, 11) is 23.9. The van der Waals surface area contributed by atoms with E-state index >= 15 is 0 Å². The van der Waals surface area contributed by atoms with Crippen LogP contribution in [-0.2, 0) is 17.8 Å². The van der Waals surface area contributed by atoms with Gasteiger partial charge in [-0.05, 0) is 28.4 Å². The number of aromatic amines is 1. The third kappa shape index (κ3) is 4.46. The molecule has 0 atom stereocenters. The van der Waals surface area contributed by atoms with Gasteiger partial charge in [0, 0.05) is 26.2 Å². The van der Waals surface area contributed by atoms with Crippen LogP contribution in [0.1, 0.15) is 5.56 Å². The zero-order valence-electron chi connectivity index (χ0n) is 17.0. The molecule has 0 spiro atoms. The molecule has 14 heteroatoms. The number of anilines is 1. The molecule has 3 aromatic rings. The molecule has 1 fully saturated rings. The molecule has 32 heavy (non-hydrogen) atoms. The van der Waals surface area contributed by atoms with Gasteiger partial charge < -0.3 is 19.5 Å². The molecule has 0 saturated carbocycles. The van der Waals surface area contributed by atoms with E-state index < -0.39 is 10.7 Å². The van der Waals surface area contributed by atoms with Crippen LogP contribution in [0.2, 0.25) is 10.0 Å². The van der Waals surface area contributed by atoms with Crippen molar-refractivity contribution in [2.24, 2.45) is 0 Å². The summed E-state index contributed by atoms with van der Waals surface area (Å²) in [5.41, 5.74) is 1.15. The average molecular weight is 463 g/mol. The maximum atomic E-state index is 12.7. The summed E-state index contributed by atoms with van der Waals surface area (Å²) in [5.74, 6) is 0.283. The van der Waals surface area contributed by atoms with Gasteiger partial charge in [0.05, 0.1) is 54.4 Å². The number of ether oxygens (including phenoxy) is 1. The van der Waals surface area contributed by atoms with Crippen molar-refractivity contribution in [3.63, 3.8) is 0 Å². The lowest BCUT2D eigenvalue weighted by Crippen LogP contribution is -2.71. The van der Waals surface area contributed by atoms with Crippen molar-refractivity contribution < 1.29 is 4.74 Å². The normalized spacial score (nSPS) is 18.1. The number of H-pyrrole nitrogens is 1. The second-order valence-corrected chi connectivity index (χ2v) is 8.40. The summed E-state index contributed by atoms with van der Waals surface area (Å²) >= 11 is 12.0. The lowest BCUT2D eigenvalue weighted by Gasteiger charge is -2.55. The first kappa shape index (κ1) is 23.3. The summed E-state index contributed by atoms with van der Waals surface area (Å²) in [5, 5.41) is 0.694.